The van der Waals surface area contributed by atoms with Crippen LogP contribution >= 0.6 is 0 Å². The molecular weight excluding hydrogens is 749 g/mol. The predicted octanol–water partition coefficient (Wildman–Crippen LogP) is 12.3. The highest BCUT2D eigenvalue weighted by atomic mass is 28.4. The number of benzene rings is 3. The summed E-state index contributed by atoms with van der Waals surface area (Å²) in [6, 6.07) is 29.5. The van der Waals surface area contributed by atoms with E-state index >= 15 is 0 Å². The molecule has 314 valence electrons. The van der Waals surface area contributed by atoms with Crippen molar-refractivity contribution < 1.29 is 23.1 Å². The molecule has 0 fully saturated rings. The van der Waals surface area contributed by atoms with Crippen molar-refractivity contribution in [2.24, 2.45) is 0 Å². The lowest BCUT2D eigenvalue weighted by molar-refractivity contribution is -0.116. The summed E-state index contributed by atoms with van der Waals surface area (Å²) in [7, 11) is -3.18. The van der Waals surface area contributed by atoms with E-state index < -0.39 is 16.6 Å². The SMILES string of the molecule is C=CC[C@@H](/C=C/C=C\C[C@@H](CC(=O)/C=C/C=C/CCC[C@@H](C)OCc1ccc(OC)cc1)O[Si](C)(C)C(C)(C)C)O[Si](c1ccccc1)(c1ccccc1)C(C)(C)C. The largest absolute Gasteiger partial charge is 0.497 e. The summed E-state index contributed by atoms with van der Waals surface area (Å²) in [6.45, 7) is 24.9. The smallest absolute Gasteiger partial charge is 0.261 e. The number of allylic oxidation sites excluding steroid dienone is 6. The van der Waals surface area contributed by atoms with Crippen molar-refractivity contribution in [1.82, 2.24) is 0 Å². The first kappa shape index (κ1) is 48.5. The minimum atomic E-state index is -2.74. The molecule has 0 spiro atoms. The Morgan fingerprint density at radius 1 is 0.759 bits per heavy atom. The maximum atomic E-state index is 13.2. The Kier molecular flexibility index (Phi) is 19.8. The molecule has 0 amide bonds. The van der Waals surface area contributed by atoms with E-state index in [2.05, 4.69) is 159 Å². The molecule has 0 saturated heterocycles. The van der Waals surface area contributed by atoms with Gasteiger partial charge >= 0.3 is 0 Å². The second-order valence-electron chi connectivity index (χ2n) is 17.8. The molecule has 0 unspecified atom stereocenters. The Hall–Kier alpha value is -3.86. The van der Waals surface area contributed by atoms with E-state index in [4.69, 9.17) is 18.3 Å². The number of carbonyl (C=O) groups is 1. The van der Waals surface area contributed by atoms with Gasteiger partial charge in [0.05, 0.1) is 32.0 Å². The van der Waals surface area contributed by atoms with E-state index in [9.17, 15) is 4.79 Å². The van der Waals surface area contributed by atoms with Crippen LogP contribution in [0, 0.1) is 0 Å². The summed E-state index contributed by atoms with van der Waals surface area (Å²) < 4.78 is 25.4. The highest BCUT2D eigenvalue weighted by molar-refractivity contribution is 6.99. The van der Waals surface area contributed by atoms with Crippen LogP contribution in [0.15, 0.2) is 146 Å². The Labute approximate surface area is 354 Å². The second-order valence-corrected chi connectivity index (χ2v) is 26.8. The van der Waals surface area contributed by atoms with E-state index in [1.165, 1.54) is 10.4 Å². The molecule has 3 rings (SSSR count). The Balaban J connectivity index is 1.63. The van der Waals surface area contributed by atoms with Crippen molar-refractivity contribution in [2.75, 3.05) is 7.11 Å². The van der Waals surface area contributed by atoms with E-state index in [-0.39, 0.29) is 34.2 Å². The number of ketones is 1. The van der Waals surface area contributed by atoms with Crippen molar-refractivity contribution in [3.8, 4) is 5.75 Å². The van der Waals surface area contributed by atoms with Crippen molar-refractivity contribution in [3.63, 3.8) is 0 Å². The summed E-state index contributed by atoms with van der Waals surface area (Å²) in [5, 5.41) is 2.41. The molecule has 0 heterocycles. The molecule has 3 aromatic rings. The average Bonchev–Trinajstić information content (AvgIpc) is 3.18. The lowest BCUT2D eigenvalue weighted by Gasteiger charge is -2.44. The van der Waals surface area contributed by atoms with Crippen LogP contribution in [0.2, 0.25) is 23.2 Å². The Morgan fingerprint density at radius 3 is 1.91 bits per heavy atom. The van der Waals surface area contributed by atoms with Gasteiger partial charge in [-0.15, -0.1) is 6.58 Å². The second kappa shape index (κ2) is 23.7. The zero-order chi connectivity index (χ0) is 42.7. The molecule has 5 nitrogen and oxygen atoms in total. The highest BCUT2D eigenvalue weighted by Gasteiger charge is 2.51. The molecule has 0 aliphatic carbocycles. The maximum absolute atomic E-state index is 13.2. The number of hydrogen-bond donors (Lipinski definition) is 0. The molecule has 0 radical (unpaired) electrons. The third kappa shape index (κ3) is 15.4. The van der Waals surface area contributed by atoms with Crippen molar-refractivity contribution in [2.45, 2.75) is 135 Å². The minimum absolute atomic E-state index is 0.0326. The fourth-order valence-electron chi connectivity index (χ4n) is 6.71. The highest BCUT2D eigenvalue weighted by Crippen LogP contribution is 2.39. The van der Waals surface area contributed by atoms with Crippen LogP contribution in [0.5, 0.6) is 5.75 Å². The molecule has 0 aromatic heterocycles. The zero-order valence-electron chi connectivity index (χ0n) is 37.2. The first-order valence-corrected chi connectivity index (χ1v) is 25.9. The van der Waals surface area contributed by atoms with Gasteiger partial charge in [0.2, 0.25) is 0 Å². The van der Waals surface area contributed by atoms with Crippen LogP contribution in [0.1, 0.15) is 92.6 Å². The molecule has 0 aliphatic rings. The average molecular weight is 821 g/mol. The fraction of sp³-hybridized carbons (Fsp3) is 0.431. The van der Waals surface area contributed by atoms with Gasteiger partial charge < -0.3 is 18.3 Å². The van der Waals surface area contributed by atoms with Crippen LogP contribution in [-0.2, 0) is 25.0 Å². The van der Waals surface area contributed by atoms with Gasteiger partial charge in [0.25, 0.3) is 8.32 Å². The van der Waals surface area contributed by atoms with Crippen molar-refractivity contribution >= 4 is 32.8 Å². The van der Waals surface area contributed by atoms with Crippen molar-refractivity contribution in [3.05, 3.63) is 152 Å². The lowest BCUT2D eigenvalue weighted by atomic mass is 10.1. The van der Waals surface area contributed by atoms with E-state index in [0.717, 1.165) is 30.6 Å². The van der Waals surface area contributed by atoms with Gasteiger partial charge in [-0.1, -0.05) is 163 Å². The monoisotopic (exact) mass is 820 g/mol. The lowest BCUT2D eigenvalue weighted by Crippen LogP contribution is -2.67. The molecule has 0 bridgehead atoms. The minimum Gasteiger partial charge on any atom is -0.497 e. The fourth-order valence-corrected chi connectivity index (χ4v) is 12.7. The number of carbonyl (C=O) groups excluding carboxylic acids is 1. The van der Waals surface area contributed by atoms with Crippen LogP contribution in [-0.4, -0.2) is 47.8 Å². The van der Waals surface area contributed by atoms with Crippen LogP contribution in [0.4, 0.5) is 0 Å². The van der Waals surface area contributed by atoms with Gasteiger partial charge in [-0.3, -0.25) is 4.79 Å². The number of hydrogen-bond acceptors (Lipinski definition) is 5. The standard InChI is InChI=1S/C51H72O5Si2/c1-12-27-46(56-58(51(6,7)8,48-32-23-17-24-33-48)49-34-25-18-26-35-49)30-21-16-22-31-47(55-57(10,11)50(3,4)5)40-44(52)29-20-15-13-14-19-28-42(2)54-41-43-36-38-45(53-9)39-37-43/h12-13,15-18,20-26,29-30,32-39,42,46-47H,1,14,19,27-28,31,40-41H2,2-11H3/b15-13+,22-16-,29-20+,30-21+/t42-,46+,47+/m1/s1. The molecule has 3 aromatic carbocycles. The Bertz CT molecular complexity index is 1720. The number of methoxy groups -OCH3 is 1. The van der Waals surface area contributed by atoms with E-state index in [1.54, 1.807) is 13.2 Å². The number of unbranched alkanes of at least 4 members (excludes halogenated alkanes) is 1. The first-order chi connectivity index (χ1) is 27.5. The number of rotatable bonds is 24. The van der Waals surface area contributed by atoms with Gasteiger partial charge in [0.1, 0.15) is 5.75 Å². The summed E-state index contributed by atoms with van der Waals surface area (Å²) in [4.78, 5) is 13.2. The van der Waals surface area contributed by atoms with Crippen LogP contribution in [0.3, 0.4) is 0 Å². The van der Waals surface area contributed by atoms with Gasteiger partial charge in [-0.25, -0.2) is 0 Å². The van der Waals surface area contributed by atoms with E-state index in [0.29, 0.717) is 25.9 Å². The topological polar surface area (TPSA) is 54.0 Å². The van der Waals surface area contributed by atoms with E-state index in [1.807, 2.05) is 42.5 Å². The van der Waals surface area contributed by atoms with Gasteiger partial charge in [0, 0.05) is 6.42 Å². The molecule has 0 aliphatic heterocycles. The molecule has 7 heteroatoms. The summed E-state index contributed by atoms with van der Waals surface area (Å²) >= 11 is 0. The predicted molar refractivity (Wildman–Crippen MR) is 251 cm³/mol. The third-order valence-corrected chi connectivity index (χ3v) is 20.6. The quantitative estimate of drug-likeness (QED) is 0.0296. The van der Waals surface area contributed by atoms with Crippen LogP contribution < -0.4 is 15.1 Å². The molecule has 58 heavy (non-hydrogen) atoms. The Morgan fingerprint density at radius 2 is 1.36 bits per heavy atom. The van der Waals surface area contributed by atoms with Crippen LogP contribution in [0.25, 0.3) is 0 Å². The number of ether oxygens (including phenoxy) is 2. The molecule has 0 N–H and O–H groups in total. The van der Waals surface area contributed by atoms with Gasteiger partial charge in [0.15, 0.2) is 14.1 Å². The van der Waals surface area contributed by atoms with Gasteiger partial charge in [-0.05, 0) is 96.3 Å². The van der Waals surface area contributed by atoms with Crippen molar-refractivity contribution in [1.29, 1.82) is 0 Å². The molecule has 3 atom stereocenters. The first-order valence-electron chi connectivity index (χ1n) is 21.0. The third-order valence-electron chi connectivity index (χ3n) is 11.0. The molecular formula is C51H72O5Si2. The molecule has 0 saturated carbocycles. The summed E-state index contributed by atoms with van der Waals surface area (Å²) in [5.41, 5.74) is 1.14. The summed E-state index contributed by atoms with van der Waals surface area (Å²) in [5.74, 6) is 0.921. The zero-order valence-corrected chi connectivity index (χ0v) is 39.2. The normalized spacial score (nSPS) is 14.7. The van der Waals surface area contributed by atoms with Gasteiger partial charge in [-0.2, -0.15) is 0 Å². The summed E-state index contributed by atoms with van der Waals surface area (Å²) in [6.07, 6.45) is 22.4. The maximum Gasteiger partial charge on any atom is 0.261 e.